The maximum absolute atomic E-state index is 12.9. The van der Waals surface area contributed by atoms with Crippen molar-refractivity contribution in [1.82, 2.24) is 15.3 Å². The molecule has 7 nitrogen and oxygen atoms in total. The summed E-state index contributed by atoms with van der Waals surface area (Å²) in [5.74, 6) is 1.41. The van der Waals surface area contributed by atoms with Crippen LogP contribution in [0.25, 0.3) is 11.4 Å². The Morgan fingerprint density at radius 2 is 2.00 bits per heavy atom. The second kappa shape index (κ2) is 7.63. The van der Waals surface area contributed by atoms with Crippen LogP contribution >= 0.6 is 11.3 Å². The molecule has 29 heavy (non-hydrogen) atoms. The lowest BCUT2D eigenvalue weighted by Gasteiger charge is -2.27. The maximum atomic E-state index is 12.9. The molecule has 3 aromatic rings. The summed E-state index contributed by atoms with van der Waals surface area (Å²) >= 11 is 1.51. The van der Waals surface area contributed by atoms with Gasteiger partial charge < -0.3 is 10.6 Å². The lowest BCUT2D eigenvalue weighted by atomic mass is 9.99. The van der Waals surface area contributed by atoms with Gasteiger partial charge in [-0.25, -0.2) is 9.97 Å². The fourth-order valence-electron chi connectivity index (χ4n) is 3.53. The highest BCUT2D eigenvalue weighted by molar-refractivity contribution is 7.14. The first-order chi connectivity index (χ1) is 14.3. The third-order valence-electron chi connectivity index (χ3n) is 5.00. The second-order valence-corrected chi connectivity index (χ2v) is 7.78. The molecule has 0 saturated carbocycles. The molecule has 0 spiro atoms. The Balaban J connectivity index is 1.38. The van der Waals surface area contributed by atoms with Crippen LogP contribution < -0.4 is 15.5 Å². The zero-order valence-corrected chi connectivity index (χ0v) is 16.6. The summed E-state index contributed by atoms with van der Waals surface area (Å²) in [6.45, 7) is 2.37. The van der Waals surface area contributed by atoms with E-state index in [1.165, 1.54) is 11.3 Å². The van der Waals surface area contributed by atoms with Gasteiger partial charge in [-0.1, -0.05) is 24.3 Å². The maximum Gasteiger partial charge on any atom is 0.259 e. The molecular weight excluding hydrogens is 384 g/mol. The van der Waals surface area contributed by atoms with Gasteiger partial charge in [-0.2, -0.15) is 0 Å². The topological polar surface area (TPSA) is 82.5 Å². The minimum atomic E-state index is -0.00137. The van der Waals surface area contributed by atoms with Gasteiger partial charge in [-0.05, 0) is 36.6 Å². The monoisotopic (exact) mass is 404 g/mol. The Kier molecular flexibility index (Phi) is 4.69. The van der Waals surface area contributed by atoms with E-state index >= 15 is 0 Å². The number of thiazole rings is 1. The van der Waals surface area contributed by atoms with Crippen molar-refractivity contribution < 1.29 is 4.79 Å². The number of aliphatic imine (C=N–C) groups is 1. The molecule has 0 unspecified atom stereocenters. The number of pyridine rings is 1. The van der Waals surface area contributed by atoms with Gasteiger partial charge in [-0.3, -0.25) is 14.7 Å². The summed E-state index contributed by atoms with van der Waals surface area (Å²) in [4.78, 5) is 28.5. The molecule has 2 aliphatic heterocycles. The van der Waals surface area contributed by atoms with Crippen LogP contribution in [-0.2, 0) is 6.42 Å². The Morgan fingerprint density at radius 1 is 1.07 bits per heavy atom. The quantitative estimate of drug-likeness (QED) is 0.701. The van der Waals surface area contributed by atoms with Crippen LogP contribution in [0.3, 0.4) is 0 Å². The van der Waals surface area contributed by atoms with Gasteiger partial charge in [0, 0.05) is 30.6 Å². The third kappa shape index (κ3) is 3.58. The number of aromatic nitrogens is 2. The number of anilines is 2. The second-order valence-electron chi connectivity index (χ2n) is 6.92. The van der Waals surface area contributed by atoms with E-state index in [2.05, 4.69) is 20.6 Å². The van der Waals surface area contributed by atoms with Crippen molar-refractivity contribution in [2.24, 2.45) is 4.99 Å². The van der Waals surface area contributed by atoms with Crippen LogP contribution in [-0.4, -0.2) is 41.5 Å². The lowest BCUT2D eigenvalue weighted by molar-refractivity contribution is 0.0980. The number of amides is 1. The minimum absolute atomic E-state index is 0.00137. The molecule has 0 atom stereocenters. The van der Waals surface area contributed by atoms with E-state index in [1.807, 2.05) is 47.8 Å². The van der Waals surface area contributed by atoms with Gasteiger partial charge in [0.25, 0.3) is 5.91 Å². The molecular formula is C21H20N6OS. The number of nitrogens with zero attached hydrogens (tertiary/aromatic N) is 4. The SMILES string of the molecule is O=C1c2ccccc2CCN1c1cccc(-c2csc(NC3=NCCCN3)n2)n1. The van der Waals surface area contributed by atoms with Crippen LogP contribution in [0.2, 0.25) is 0 Å². The Bertz CT molecular complexity index is 1090. The van der Waals surface area contributed by atoms with Crippen molar-refractivity contribution in [3.8, 4) is 11.4 Å². The van der Waals surface area contributed by atoms with Crippen molar-refractivity contribution >= 4 is 34.2 Å². The molecule has 4 heterocycles. The average molecular weight is 404 g/mol. The molecule has 5 rings (SSSR count). The fraction of sp³-hybridized carbons (Fsp3) is 0.238. The molecule has 1 aromatic carbocycles. The van der Waals surface area contributed by atoms with Crippen molar-refractivity contribution in [2.45, 2.75) is 12.8 Å². The summed E-state index contributed by atoms with van der Waals surface area (Å²) < 4.78 is 0. The Labute approximate surface area is 172 Å². The average Bonchev–Trinajstić information content (AvgIpc) is 3.24. The van der Waals surface area contributed by atoms with Crippen LogP contribution in [0, 0.1) is 0 Å². The fourth-order valence-corrected chi connectivity index (χ4v) is 4.23. The largest absolute Gasteiger partial charge is 0.356 e. The summed E-state index contributed by atoms with van der Waals surface area (Å²) in [6.07, 6.45) is 1.87. The van der Waals surface area contributed by atoms with Gasteiger partial charge in [0.05, 0.1) is 5.69 Å². The van der Waals surface area contributed by atoms with Crippen LogP contribution in [0.4, 0.5) is 10.9 Å². The van der Waals surface area contributed by atoms with E-state index in [0.29, 0.717) is 12.4 Å². The summed E-state index contributed by atoms with van der Waals surface area (Å²) in [6, 6.07) is 13.5. The minimum Gasteiger partial charge on any atom is -0.356 e. The Morgan fingerprint density at radius 3 is 2.90 bits per heavy atom. The van der Waals surface area contributed by atoms with Gasteiger partial charge in [-0.15, -0.1) is 11.3 Å². The molecule has 1 amide bonds. The van der Waals surface area contributed by atoms with Gasteiger partial charge >= 0.3 is 0 Å². The highest BCUT2D eigenvalue weighted by Crippen LogP contribution is 2.27. The van der Waals surface area contributed by atoms with Crippen molar-refractivity contribution in [3.05, 3.63) is 59.0 Å². The number of rotatable bonds is 3. The first kappa shape index (κ1) is 17.8. The van der Waals surface area contributed by atoms with Gasteiger partial charge in [0.15, 0.2) is 11.1 Å². The number of guanidine groups is 1. The third-order valence-corrected chi connectivity index (χ3v) is 5.76. The van der Waals surface area contributed by atoms with Crippen LogP contribution in [0.1, 0.15) is 22.3 Å². The molecule has 2 aliphatic rings. The molecule has 146 valence electrons. The lowest BCUT2D eigenvalue weighted by Crippen LogP contribution is -2.38. The zero-order valence-electron chi connectivity index (χ0n) is 15.8. The van der Waals surface area contributed by atoms with Crippen LogP contribution in [0.5, 0.6) is 0 Å². The summed E-state index contributed by atoms with van der Waals surface area (Å²) in [7, 11) is 0. The van der Waals surface area contributed by atoms with E-state index in [-0.39, 0.29) is 5.91 Å². The molecule has 0 radical (unpaired) electrons. The number of carbonyl (C=O) groups is 1. The number of benzene rings is 1. The zero-order chi connectivity index (χ0) is 19.6. The molecule has 0 bridgehead atoms. The first-order valence-corrected chi connectivity index (χ1v) is 10.5. The van der Waals surface area contributed by atoms with E-state index in [9.17, 15) is 4.79 Å². The molecule has 2 N–H and O–H groups in total. The molecule has 0 saturated heterocycles. The number of nitrogens with one attached hydrogen (secondary N) is 2. The van der Waals surface area contributed by atoms with E-state index in [1.54, 1.807) is 4.90 Å². The first-order valence-electron chi connectivity index (χ1n) is 9.66. The van der Waals surface area contributed by atoms with Gasteiger partial charge in [0.1, 0.15) is 11.5 Å². The smallest absolute Gasteiger partial charge is 0.259 e. The van der Waals surface area contributed by atoms with Crippen molar-refractivity contribution in [1.29, 1.82) is 0 Å². The summed E-state index contributed by atoms with van der Waals surface area (Å²) in [5.41, 5.74) is 3.38. The predicted octanol–water partition coefficient (Wildman–Crippen LogP) is 3.17. The summed E-state index contributed by atoms with van der Waals surface area (Å²) in [5, 5.41) is 9.18. The van der Waals surface area contributed by atoms with E-state index < -0.39 is 0 Å². The van der Waals surface area contributed by atoms with Crippen molar-refractivity contribution in [3.63, 3.8) is 0 Å². The number of hydrogen-bond acceptors (Lipinski definition) is 7. The number of hydrogen-bond donors (Lipinski definition) is 2. The van der Waals surface area contributed by atoms with Crippen LogP contribution in [0.15, 0.2) is 52.8 Å². The number of carbonyl (C=O) groups excluding carboxylic acids is 1. The van der Waals surface area contributed by atoms with Gasteiger partial charge in [0.2, 0.25) is 0 Å². The standard InChI is InChI=1S/C21H20N6OS/c28-19-15-6-2-1-5-14(15)9-12-27(19)18-8-3-7-16(24-18)17-13-29-21(25-17)26-20-22-10-4-11-23-20/h1-3,5-8,13H,4,9-12H2,(H2,22,23,25,26). The molecule has 0 aliphatic carbocycles. The Hall–Kier alpha value is -3.26. The molecule has 8 heteroatoms. The van der Waals surface area contributed by atoms with E-state index in [0.717, 1.165) is 59.5 Å². The molecule has 2 aromatic heterocycles. The van der Waals surface area contributed by atoms with Crippen molar-refractivity contribution in [2.75, 3.05) is 29.9 Å². The molecule has 0 fully saturated rings. The predicted molar refractivity (Wildman–Crippen MR) is 116 cm³/mol. The van der Waals surface area contributed by atoms with E-state index in [4.69, 9.17) is 4.98 Å². The normalized spacial score (nSPS) is 16.1. The highest BCUT2D eigenvalue weighted by Gasteiger charge is 2.26. The highest BCUT2D eigenvalue weighted by atomic mass is 32.1. The number of fused-ring (bicyclic) bond motifs is 1.